The molecule has 3 heteroatoms. The first-order chi connectivity index (χ1) is 7.31. The largest absolute Gasteiger partial charge is 0.379 e. The van der Waals surface area contributed by atoms with Crippen molar-refractivity contribution >= 4 is 11.6 Å². The van der Waals surface area contributed by atoms with Crippen molar-refractivity contribution < 1.29 is 9.47 Å². The van der Waals surface area contributed by atoms with Gasteiger partial charge in [0.25, 0.3) is 0 Å². The molecule has 0 amide bonds. The second-order valence-electron chi connectivity index (χ2n) is 3.95. The van der Waals surface area contributed by atoms with Gasteiger partial charge in [-0.25, -0.2) is 0 Å². The molecule has 0 bridgehead atoms. The summed E-state index contributed by atoms with van der Waals surface area (Å²) in [6.45, 7) is 7.51. The minimum atomic E-state index is 0.670. The van der Waals surface area contributed by atoms with Crippen molar-refractivity contribution in [3.8, 4) is 0 Å². The highest BCUT2D eigenvalue weighted by molar-refractivity contribution is 6.17. The van der Waals surface area contributed by atoms with Crippen LogP contribution in [-0.2, 0) is 9.47 Å². The van der Waals surface area contributed by atoms with Gasteiger partial charge in [0.1, 0.15) is 0 Å². The molecule has 0 aromatic rings. The van der Waals surface area contributed by atoms with Crippen molar-refractivity contribution in [2.75, 3.05) is 32.3 Å². The van der Waals surface area contributed by atoms with Gasteiger partial charge in [-0.15, -0.1) is 11.6 Å². The van der Waals surface area contributed by atoms with Crippen LogP contribution in [0.2, 0.25) is 0 Å². The Labute approximate surface area is 99.3 Å². The van der Waals surface area contributed by atoms with E-state index in [1.54, 1.807) is 0 Å². The normalized spacial score (nSPS) is 13.0. The summed E-state index contributed by atoms with van der Waals surface area (Å²) < 4.78 is 10.8. The van der Waals surface area contributed by atoms with Crippen LogP contribution in [0.4, 0.5) is 0 Å². The van der Waals surface area contributed by atoms with E-state index in [1.165, 1.54) is 6.42 Å². The van der Waals surface area contributed by atoms with Crippen molar-refractivity contribution in [3.05, 3.63) is 0 Å². The lowest BCUT2D eigenvalue weighted by Crippen LogP contribution is -2.08. The summed E-state index contributed by atoms with van der Waals surface area (Å²) in [4.78, 5) is 0. The van der Waals surface area contributed by atoms with Crippen LogP contribution >= 0.6 is 11.6 Å². The topological polar surface area (TPSA) is 18.5 Å². The average Bonchev–Trinajstić information content (AvgIpc) is 2.22. The Kier molecular flexibility index (Phi) is 12.5. The molecule has 0 rings (SSSR count). The third kappa shape index (κ3) is 12.1. The van der Waals surface area contributed by atoms with Crippen LogP contribution in [0.25, 0.3) is 0 Å². The molecule has 15 heavy (non-hydrogen) atoms. The Hall–Kier alpha value is 0.210. The lowest BCUT2D eigenvalue weighted by Gasteiger charge is -2.09. The third-order valence-electron chi connectivity index (χ3n) is 2.37. The first-order valence-electron chi connectivity index (χ1n) is 6.02. The molecule has 92 valence electrons. The molecule has 0 heterocycles. The van der Waals surface area contributed by atoms with Crippen molar-refractivity contribution in [1.29, 1.82) is 0 Å². The molecule has 0 saturated heterocycles. The summed E-state index contributed by atoms with van der Waals surface area (Å²) in [6, 6.07) is 0. The molecule has 0 aliphatic rings. The fraction of sp³-hybridized carbons (Fsp3) is 1.00. The summed E-state index contributed by atoms with van der Waals surface area (Å²) in [5.41, 5.74) is 0. The molecule has 0 aromatic carbocycles. The first-order valence-corrected chi connectivity index (χ1v) is 6.56. The quantitative estimate of drug-likeness (QED) is 0.404. The minimum Gasteiger partial charge on any atom is -0.379 e. The van der Waals surface area contributed by atoms with Gasteiger partial charge in [0.05, 0.1) is 13.2 Å². The summed E-state index contributed by atoms with van der Waals surface area (Å²) >= 11 is 5.65. The van der Waals surface area contributed by atoms with Crippen LogP contribution in [0, 0.1) is 5.92 Å². The molecule has 1 unspecified atom stereocenters. The fourth-order valence-corrected chi connectivity index (χ4v) is 1.56. The van der Waals surface area contributed by atoms with Crippen LogP contribution < -0.4 is 0 Å². The van der Waals surface area contributed by atoms with E-state index in [2.05, 4.69) is 13.8 Å². The molecule has 0 saturated carbocycles. The highest BCUT2D eigenvalue weighted by Crippen LogP contribution is 2.07. The van der Waals surface area contributed by atoms with Gasteiger partial charge in [0.15, 0.2) is 0 Å². The van der Waals surface area contributed by atoms with Crippen LogP contribution in [0.5, 0.6) is 0 Å². The Morgan fingerprint density at radius 2 is 1.67 bits per heavy atom. The van der Waals surface area contributed by atoms with Gasteiger partial charge in [-0.1, -0.05) is 20.3 Å². The predicted octanol–water partition coefficient (Wildman–Crippen LogP) is 3.47. The molecular weight excluding hydrogens is 212 g/mol. The molecule has 0 aliphatic carbocycles. The van der Waals surface area contributed by atoms with Gasteiger partial charge in [0, 0.05) is 19.1 Å². The molecule has 0 aliphatic heterocycles. The smallest absolute Gasteiger partial charge is 0.0700 e. The van der Waals surface area contributed by atoms with Gasteiger partial charge in [-0.2, -0.15) is 0 Å². The standard InChI is InChI=1S/C12H25ClO2/c1-3-4-8-14-10-11-15-9-6-12(2)5-7-13/h12H,3-11H2,1-2H3. The van der Waals surface area contributed by atoms with Crippen LogP contribution in [0.1, 0.15) is 39.5 Å². The van der Waals surface area contributed by atoms with E-state index in [4.69, 9.17) is 21.1 Å². The molecule has 1 atom stereocenters. The van der Waals surface area contributed by atoms with Gasteiger partial charge in [-0.05, 0) is 25.2 Å². The van der Waals surface area contributed by atoms with Crippen molar-refractivity contribution in [3.63, 3.8) is 0 Å². The zero-order valence-electron chi connectivity index (χ0n) is 10.1. The average molecular weight is 237 g/mol. The van der Waals surface area contributed by atoms with Crippen LogP contribution in [0.15, 0.2) is 0 Å². The summed E-state index contributed by atoms with van der Waals surface area (Å²) in [6.07, 6.45) is 4.52. The lowest BCUT2D eigenvalue weighted by atomic mass is 10.1. The van der Waals surface area contributed by atoms with E-state index < -0.39 is 0 Å². The number of ether oxygens (including phenoxy) is 2. The molecule has 2 nitrogen and oxygen atoms in total. The van der Waals surface area contributed by atoms with E-state index in [-0.39, 0.29) is 0 Å². The maximum Gasteiger partial charge on any atom is 0.0700 e. The molecule has 0 radical (unpaired) electrons. The Balaban J connectivity index is 2.98. The highest BCUT2D eigenvalue weighted by Gasteiger charge is 2.00. The van der Waals surface area contributed by atoms with Gasteiger partial charge in [0.2, 0.25) is 0 Å². The zero-order valence-corrected chi connectivity index (χ0v) is 10.9. The number of rotatable bonds is 11. The van der Waals surface area contributed by atoms with E-state index in [0.29, 0.717) is 5.92 Å². The monoisotopic (exact) mass is 236 g/mol. The van der Waals surface area contributed by atoms with Crippen molar-refractivity contribution in [2.24, 2.45) is 5.92 Å². The van der Waals surface area contributed by atoms with Gasteiger partial charge in [-0.3, -0.25) is 0 Å². The van der Waals surface area contributed by atoms with E-state index in [0.717, 1.165) is 51.6 Å². The van der Waals surface area contributed by atoms with E-state index in [9.17, 15) is 0 Å². The Morgan fingerprint density at radius 3 is 2.27 bits per heavy atom. The number of alkyl halides is 1. The number of hydrogen-bond acceptors (Lipinski definition) is 2. The predicted molar refractivity (Wildman–Crippen MR) is 65.7 cm³/mol. The number of hydrogen-bond donors (Lipinski definition) is 0. The van der Waals surface area contributed by atoms with E-state index >= 15 is 0 Å². The molecule has 0 N–H and O–H groups in total. The Morgan fingerprint density at radius 1 is 1.00 bits per heavy atom. The molecule has 0 fully saturated rings. The summed E-state index contributed by atoms with van der Waals surface area (Å²) in [7, 11) is 0. The van der Waals surface area contributed by atoms with Crippen LogP contribution in [-0.4, -0.2) is 32.3 Å². The highest BCUT2D eigenvalue weighted by atomic mass is 35.5. The zero-order chi connectivity index (χ0) is 11.4. The minimum absolute atomic E-state index is 0.670. The molecule has 0 spiro atoms. The van der Waals surface area contributed by atoms with E-state index in [1.807, 2.05) is 0 Å². The second kappa shape index (κ2) is 12.3. The van der Waals surface area contributed by atoms with Gasteiger partial charge >= 0.3 is 0 Å². The maximum atomic E-state index is 5.65. The lowest BCUT2D eigenvalue weighted by molar-refractivity contribution is 0.0424. The summed E-state index contributed by atoms with van der Waals surface area (Å²) in [5.74, 6) is 1.42. The van der Waals surface area contributed by atoms with Crippen molar-refractivity contribution in [2.45, 2.75) is 39.5 Å². The number of unbranched alkanes of at least 4 members (excludes halogenated alkanes) is 1. The van der Waals surface area contributed by atoms with Crippen molar-refractivity contribution in [1.82, 2.24) is 0 Å². The third-order valence-corrected chi connectivity index (χ3v) is 2.59. The first kappa shape index (κ1) is 15.2. The second-order valence-corrected chi connectivity index (χ2v) is 4.33. The van der Waals surface area contributed by atoms with Gasteiger partial charge < -0.3 is 9.47 Å². The summed E-state index contributed by atoms with van der Waals surface area (Å²) in [5, 5.41) is 0. The molecular formula is C12H25ClO2. The maximum absolute atomic E-state index is 5.65. The van der Waals surface area contributed by atoms with Crippen LogP contribution in [0.3, 0.4) is 0 Å². The number of halogens is 1. The molecule has 0 aromatic heterocycles. The SMILES string of the molecule is CCCCOCCOCCC(C)CCCl. The Bertz CT molecular complexity index is 120. The fourth-order valence-electron chi connectivity index (χ4n) is 1.18.